The number of fused-ring (bicyclic) bond motifs is 1. The first-order valence-corrected chi connectivity index (χ1v) is 8.67. The van der Waals surface area contributed by atoms with Crippen LogP contribution in [-0.2, 0) is 15.3 Å². The molecule has 0 bridgehead atoms. The van der Waals surface area contributed by atoms with Crippen molar-refractivity contribution < 1.29 is 19.7 Å². The first-order chi connectivity index (χ1) is 12.0. The maximum atomic E-state index is 10.6. The molecule has 1 aliphatic heterocycles. The van der Waals surface area contributed by atoms with Crippen LogP contribution in [0.25, 0.3) is 16.0 Å². The first-order valence-electron chi connectivity index (χ1n) is 7.44. The highest BCUT2D eigenvalue weighted by Crippen LogP contribution is 2.50. The molecule has 1 fully saturated rings. The first kappa shape index (κ1) is 17.9. The van der Waals surface area contributed by atoms with Crippen LogP contribution in [0, 0.1) is 0 Å². The Kier molecular flexibility index (Phi) is 4.62. The quantitative estimate of drug-likeness (QED) is 0.349. The second kappa shape index (κ2) is 6.45. The summed E-state index contributed by atoms with van der Waals surface area (Å²) in [5.74, 6) is -1.64. The van der Waals surface area contributed by atoms with Gasteiger partial charge < -0.3 is 19.7 Å². The van der Waals surface area contributed by atoms with Gasteiger partial charge in [-0.3, -0.25) is 0 Å². The maximum Gasteiger partial charge on any atom is 0.226 e. The topological polar surface area (TPSA) is 138 Å². The predicted octanol–water partition coefficient (Wildman–Crippen LogP) is 1.07. The van der Waals surface area contributed by atoms with E-state index in [2.05, 4.69) is 20.1 Å². The average Bonchev–Trinajstić information content (AvgIpc) is 3.15. The van der Waals surface area contributed by atoms with Gasteiger partial charge in [0.25, 0.3) is 0 Å². The molecule has 134 valence electrons. The highest BCUT2D eigenvalue weighted by Gasteiger charge is 2.65. The van der Waals surface area contributed by atoms with Crippen LogP contribution in [0.2, 0.25) is 0 Å². The van der Waals surface area contributed by atoms with Gasteiger partial charge in [0.1, 0.15) is 28.7 Å². The molecule has 0 radical (unpaired) electrons. The van der Waals surface area contributed by atoms with Gasteiger partial charge in [-0.2, -0.15) is 5.10 Å². The molecular weight excluding hydrogens is 348 g/mol. The molecule has 0 aliphatic carbocycles. The highest BCUT2D eigenvalue weighted by molar-refractivity contribution is 7.98. The van der Waals surface area contributed by atoms with E-state index in [1.165, 1.54) is 32.1 Å². The summed E-state index contributed by atoms with van der Waals surface area (Å²) in [4.78, 5) is 7.06. The molecule has 25 heavy (non-hydrogen) atoms. The lowest BCUT2D eigenvalue weighted by Crippen LogP contribution is -2.52. The summed E-state index contributed by atoms with van der Waals surface area (Å²) >= 11 is 1.45. The molecule has 0 spiro atoms. The third kappa shape index (κ3) is 2.32. The van der Waals surface area contributed by atoms with Crippen LogP contribution >= 0.6 is 11.8 Å². The predicted molar refractivity (Wildman–Crippen MR) is 89.0 cm³/mol. The number of rotatable bonds is 5. The molecule has 0 amide bonds. The van der Waals surface area contributed by atoms with Gasteiger partial charge >= 0.3 is 0 Å². The number of azide groups is 1. The van der Waals surface area contributed by atoms with Crippen LogP contribution in [0.5, 0.6) is 0 Å². The summed E-state index contributed by atoms with van der Waals surface area (Å²) in [5, 5.41) is 28.9. The van der Waals surface area contributed by atoms with E-state index < -0.39 is 30.1 Å². The number of hydrogen-bond acceptors (Lipinski definition) is 8. The van der Waals surface area contributed by atoms with Crippen LogP contribution in [0.15, 0.2) is 28.6 Å². The summed E-state index contributed by atoms with van der Waals surface area (Å²) in [6.07, 6.45) is 1.03. The zero-order chi connectivity index (χ0) is 18.2. The van der Waals surface area contributed by atoms with Gasteiger partial charge in [0.2, 0.25) is 5.79 Å². The van der Waals surface area contributed by atoms with E-state index in [0.29, 0.717) is 5.69 Å². The Morgan fingerprint density at radius 2 is 2.32 bits per heavy atom. The number of aromatic nitrogens is 3. The minimum absolute atomic E-state index is 0.424. The van der Waals surface area contributed by atoms with Crippen molar-refractivity contribution in [2.45, 2.75) is 35.5 Å². The number of methoxy groups -OCH3 is 1. The smallest absolute Gasteiger partial charge is 0.226 e. The fourth-order valence-electron chi connectivity index (χ4n) is 3.31. The van der Waals surface area contributed by atoms with Gasteiger partial charge in [-0.1, -0.05) is 5.11 Å². The fraction of sp³-hybridized carbons (Fsp3) is 0.571. The summed E-state index contributed by atoms with van der Waals surface area (Å²) in [6, 6.07) is 3.51. The Morgan fingerprint density at radius 1 is 1.56 bits per heavy atom. The van der Waals surface area contributed by atoms with Crippen molar-refractivity contribution in [3.8, 4) is 0 Å². The monoisotopic (exact) mass is 366 g/mol. The molecule has 1 unspecified atom stereocenters. The minimum Gasteiger partial charge on any atom is -0.394 e. The molecule has 2 aromatic heterocycles. The largest absolute Gasteiger partial charge is 0.394 e. The van der Waals surface area contributed by atoms with Crippen molar-refractivity contribution in [2.75, 3.05) is 20.0 Å². The Morgan fingerprint density at radius 3 is 2.92 bits per heavy atom. The van der Waals surface area contributed by atoms with Crippen LogP contribution < -0.4 is 0 Å². The third-order valence-corrected chi connectivity index (χ3v) is 5.28. The summed E-state index contributed by atoms with van der Waals surface area (Å²) < 4.78 is 13.1. The number of aliphatic hydroxyl groups is 2. The van der Waals surface area contributed by atoms with Crippen molar-refractivity contribution in [1.29, 1.82) is 0 Å². The van der Waals surface area contributed by atoms with E-state index >= 15 is 0 Å². The molecule has 3 heterocycles. The molecule has 1 aliphatic rings. The van der Waals surface area contributed by atoms with E-state index in [9.17, 15) is 10.2 Å². The third-order valence-electron chi connectivity index (χ3n) is 4.58. The molecule has 2 N–H and O–H groups in total. The minimum atomic E-state index is -1.64. The van der Waals surface area contributed by atoms with Crippen LogP contribution in [0.4, 0.5) is 0 Å². The molecule has 0 aromatic carbocycles. The zero-order valence-electron chi connectivity index (χ0n) is 13.9. The molecule has 2 aromatic rings. The number of aliphatic hydroxyl groups excluding tert-OH is 2. The van der Waals surface area contributed by atoms with Crippen molar-refractivity contribution in [1.82, 2.24) is 14.6 Å². The molecule has 10 nitrogen and oxygen atoms in total. The van der Waals surface area contributed by atoms with E-state index in [-0.39, 0.29) is 0 Å². The normalized spacial score (nSPS) is 32.0. The van der Waals surface area contributed by atoms with E-state index in [1.54, 1.807) is 16.6 Å². The molecule has 11 heteroatoms. The fourth-order valence-corrected chi connectivity index (χ4v) is 3.82. The SMILES string of the molecule is COC1(c2ccc3c(SC)ncnn23)O[C@H](CO)[C@@H](O)[C@@]1(C)N=[N+]=[N-]. The molecule has 3 rings (SSSR count). The van der Waals surface area contributed by atoms with Gasteiger partial charge in [-0.25, -0.2) is 9.50 Å². The number of nitrogens with zero attached hydrogens (tertiary/aromatic N) is 6. The van der Waals surface area contributed by atoms with Gasteiger partial charge in [0.05, 0.1) is 18.2 Å². The second-order valence-electron chi connectivity index (χ2n) is 5.73. The van der Waals surface area contributed by atoms with E-state index in [0.717, 1.165) is 10.5 Å². The Bertz CT molecular complexity index is 840. The summed E-state index contributed by atoms with van der Waals surface area (Å²) in [7, 11) is 1.38. The Hall–Kier alpha value is -1.88. The van der Waals surface area contributed by atoms with E-state index in [4.69, 9.17) is 15.0 Å². The standard InChI is InChI=1S/C14H18N6O4S/c1-13(18-19-15)11(22)9(6-21)24-14(13,23-2)10-5-4-8-12(25-3)16-7-17-20(8)10/h4-5,7,9,11,21-22H,6H2,1-3H3/t9-,11-,13-,14?/m1/s1. The van der Waals surface area contributed by atoms with Crippen molar-refractivity contribution in [3.63, 3.8) is 0 Å². The Balaban J connectivity index is 2.29. The van der Waals surface area contributed by atoms with Gasteiger partial charge in [-0.15, -0.1) is 11.8 Å². The van der Waals surface area contributed by atoms with Crippen molar-refractivity contribution in [3.05, 3.63) is 34.6 Å². The number of hydrogen-bond donors (Lipinski definition) is 2. The van der Waals surface area contributed by atoms with Gasteiger partial charge in [0.15, 0.2) is 0 Å². The Labute approximate surface area is 147 Å². The molecule has 1 saturated heterocycles. The summed E-state index contributed by atoms with van der Waals surface area (Å²) in [6.45, 7) is 1.06. The van der Waals surface area contributed by atoms with Gasteiger partial charge in [0, 0.05) is 12.0 Å². The number of ether oxygens (including phenoxy) is 2. The lowest BCUT2D eigenvalue weighted by Gasteiger charge is -2.38. The highest BCUT2D eigenvalue weighted by atomic mass is 32.2. The molecular formula is C14H18N6O4S. The van der Waals surface area contributed by atoms with Crippen LogP contribution in [-0.4, -0.2) is 62.5 Å². The van der Waals surface area contributed by atoms with Crippen molar-refractivity contribution >= 4 is 17.3 Å². The summed E-state index contributed by atoms with van der Waals surface area (Å²) in [5.41, 5.74) is 8.64. The number of thioether (sulfide) groups is 1. The maximum absolute atomic E-state index is 10.6. The molecule has 0 saturated carbocycles. The molecule has 4 atom stereocenters. The van der Waals surface area contributed by atoms with Crippen LogP contribution in [0.3, 0.4) is 0 Å². The van der Waals surface area contributed by atoms with Crippen LogP contribution in [0.1, 0.15) is 12.6 Å². The zero-order valence-corrected chi connectivity index (χ0v) is 14.7. The van der Waals surface area contributed by atoms with E-state index in [1.807, 2.05) is 6.26 Å². The van der Waals surface area contributed by atoms with Crippen molar-refractivity contribution in [2.24, 2.45) is 5.11 Å². The van der Waals surface area contributed by atoms with Gasteiger partial charge in [-0.05, 0) is 30.8 Å². The second-order valence-corrected chi connectivity index (χ2v) is 6.52. The lowest BCUT2D eigenvalue weighted by molar-refractivity contribution is -0.249. The average molecular weight is 366 g/mol. The lowest BCUT2D eigenvalue weighted by atomic mass is 9.85.